The number of rotatable bonds is 8. The number of benzene rings is 2. The molecule has 0 aliphatic carbocycles. The second-order valence-corrected chi connectivity index (χ2v) is 6.95. The fourth-order valence-electron chi connectivity index (χ4n) is 2.79. The Morgan fingerprint density at radius 3 is 2.19 bits per heavy atom. The van der Waals surface area contributed by atoms with Crippen LogP contribution in [0.1, 0.15) is 31.9 Å². The molecule has 4 nitrogen and oxygen atoms in total. The third-order valence-electron chi connectivity index (χ3n) is 4.45. The minimum Gasteiger partial charge on any atom is -0.354 e. The highest BCUT2D eigenvalue weighted by Crippen LogP contribution is 2.14. The van der Waals surface area contributed by atoms with E-state index in [2.05, 4.69) is 5.32 Å². The van der Waals surface area contributed by atoms with Gasteiger partial charge in [-0.2, -0.15) is 0 Å². The predicted molar refractivity (Wildman–Crippen MR) is 104 cm³/mol. The van der Waals surface area contributed by atoms with Crippen molar-refractivity contribution in [2.24, 2.45) is 5.92 Å². The van der Waals surface area contributed by atoms with Crippen molar-refractivity contribution in [2.75, 3.05) is 6.54 Å². The van der Waals surface area contributed by atoms with Crippen LogP contribution in [0.2, 0.25) is 0 Å². The molecular formula is C22H27FN2O2. The van der Waals surface area contributed by atoms with Crippen LogP contribution in [0.5, 0.6) is 0 Å². The smallest absolute Gasteiger partial charge is 0.242 e. The lowest BCUT2D eigenvalue weighted by Crippen LogP contribution is -2.49. The number of carbonyl (C=O) groups is 2. The highest BCUT2D eigenvalue weighted by atomic mass is 19.1. The first kappa shape index (κ1) is 20.6. The number of nitrogens with zero attached hydrogens (tertiary/aromatic N) is 1. The van der Waals surface area contributed by atoms with Gasteiger partial charge in [0.05, 0.1) is 0 Å². The van der Waals surface area contributed by atoms with Crippen molar-refractivity contribution in [2.45, 2.75) is 39.8 Å². The van der Waals surface area contributed by atoms with Crippen molar-refractivity contribution in [3.63, 3.8) is 0 Å². The Morgan fingerprint density at radius 1 is 0.963 bits per heavy atom. The number of hydrogen-bond donors (Lipinski definition) is 1. The summed E-state index contributed by atoms with van der Waals surface area (Å²) in [5, 5.41) is 2.91. The minimum absolute atomic E-state index is 0.106. The van der Waals surface area contributed by atoms with E-state index in [9.17, 15) is 14.0 Å². The molecule has 5 heteroatoms. The van der Waals surface area contributed by atoms with Gasteiger partial charge in [-0.15, -0.1) is 0 Å². The lowest BCUT2D eigenvalue weighted by Gasteiger charge is -2.30. The highest BCUT2D eigenvalue weighted by molar-refractivity contribution is 5.88. The van der Waals surface area contributed by atoms with E-state index in [1.165, 1.54) is 12.1 Å². The Hall–Kier alpha value is -2.69. The molecule has 0 aliphatic heterocycles. The molecule has 0 bridgehead atoms. The largest absolute Gasteiger partial charge is 0.354 e. The van der Waals surface area contributed by atoms with E-state index in [0.717, 1.165) is 17.5 Å². The van der Waals surface area contributed by atoms with Crippen molar-refractivity contribution < 1.29 is 14.0 Å². The van der Waals surface area contributed by atoms with Crippen LogP contribution in [-0.2, 0) is 22.6 Å². The summed E-state index contributed by atoms with van der Waals surface area (Å²) in [6, 6.07) is 15.3. The molecule has 0 aromatic heterocycles. The quantitative estimate of drug-likeness (QED) is 0.772. The zero-order valence-electron chi connectivity index (χ0n) is 16.1. The minimum atomic E-state index is -0.610. The van der Waals surface area contributed by atoms with E-state index in [4.69, 9.17) is 0 Å². The topological polar surface area (TPSA) is 49.4 Å². The van der Waals surface area contributed by atoms with Crippen molar-refractivity contribution >= 4 is 11.8 Å². The van der Waals surface area contributed by atoms with Crippen molar-refractivity contribution in [1.29, 1.82) is 0 Å². The van der Waals surface area contributed by atoms with E-state index in [1.807, 2.05) is 30.3 Å². The van der Waals surface area contributed by atoms with Crippen LogP contribution in [0.4, 0.5) is 4.39 Å². The SMILES string of the molecule is CC(C)C(=O)N(Cc1ccc(F)cc1)C(C)C(=O)NCCc1ccccc1. The van der Waals surface area contributed by atoms with Gasteiger partial charge in [0.1, 0.15) is 11.9 Å². The maximum absolute atomic E-state index is 13.1. The molecule has 0 aliphatic rings. The number of amides is 2. The molecule has 0 fully saturated rings. The molecule has 2 rings (SSSR count). The van der Waals surface area contributed by atoms with Crippen LogP contribution >= 0.6 is 0 Å². The third-order valence-corrected chi connectivity index (χ3v) is 4.45. The van der Waals surface area contributed by atoms with E-state index in [-0.39, 0.29) is 30.1 Å². The predicted octanol–water partition coefficient (Wildman–Crippen LogP) is 3.56. The summed E-state index contributed by atoms with van der Waals surface area (Å²) in [5.41, 5.74) is 1.93. The van der Waals surface area contributed by atoms with Gasteiger partial charge in [-0.05, 0) is 36.6 Å². The number of hydrogen-bond acceptors (Lipinski definition) is 2. The lowest BCUT2D eigenvalue weighted by atomic mass is 10.1. The average Bonchev–Trinajstić information content (AvgIpc) is 2.67. The van der Waals surface area contributed by atoms with Crippen molar-refractivity contribution in [1.82, 2.24) is 10.2 Å². The van der Waals surface area contributed by atoms with Crippen LogP contribution < -0.4 is 5.32 Å². The monoisotopic (exact) mass is 370 g/mol. The van der Waals surface area contributed by atoms with E-state index < -0.39 is 6.04 Å². The van der Waals surface area contributed by atoms with E-state index in [1.54, 1.807) is 37.8 Å². The summed E-state index contributed by atoms with van der Waals surface area (Å²) in [4.78, 5) is 26.8. The normalized spacial score (nSPS) is 11.9. The Kier molecular flexibility index (Phi) is 7.53. The van der Waals surface area contributed by atoms with Crippen LogP contribution in [0, 0.1) is 11.7 Å². The molecular weight excluding hydrogens is 343 g/mol. The molecule has 0 saturated heterocycles. The molecule has 27 heavy (non-hydrogen) atoms. The Labute approximate surface area is 160 Å². The van der Waals surface area contributed by atoms with Crippen molar-refractivity contribution in [3.05, 3.63) is 71.5 Å². The maximum Gasteiger partial charge on any atom is 0.242 e. The standard InChI is InChI=1S/C22H27FN2O2/c1-16(2)22(27)25(15-19-9-11-20(23)12-10-19)17(3)21(26)24-14-13-18-7-5-4-6-8-18/h4-12,16-17H,13-15H2,1-3H3,(H,24,26). The molecule has 2 aromatic rings. The first-order chi connectivity index (χ1) is 12.9. The van der Waals surface area contributed by atoms with Gasteiger partial charge in [-0.25, -0.2) is 4.39 Å². The van der Waals surface area contributed by atoms with Gasteiger partial charge in [0.25, 0.3) is 0 Å². The second-order valence-electron chi connectivity index (χ2n) is 6.95. The fourth-order valence-corrected chi connectivity index (χ4v) is 2.79. The fraction of sp³-hybridized carbons (Fsp3) is 0.364. The maximum atomic E-state index is 13.1. The van der Waals surface area contributed by atoms with Gasteiger partial charge in [0.15, 0.2) is 0 Å². The number of halogens is 1. The lowest BCUT2D eigenvalue weighted by molar-refractivity contribution is -0.143. The molecule has 0 saturated carbocycles. The van der Waals surface area contributed by atoms with Gasteiger partial charge in [-0.1, -0.05) is 56.3 Å². The number of nitrogens with one attached hydrogen (secondary N) is 1. The van der Waals surface area contributed by atoms with Crippen LogP contribution in [-0.4, -0.2) is 29.3 Å². The molecule has 2 aromatic carbocycles. The molecule has 1 unspecified atom stereocenters. The van der Waals surface area contributed by atoms with Crippen LogP contribution in [0.25, 0.3) is 0 Å². The Bertz CT molecular complexity index is 745. The number of carbonyl (C=O) groups excluding carboxylic acids is 2. The summed E-state index contributed by atoms with van der Waals surface area (Å²) in [5.74, 6) is -0.857. The van der Waals surface area contributed by atoms with Crippen LogP contribution in [0.15, 0.2) is 54.6 Å². The summed E-state index contributed by atoms with van der Waals surface area (Å²) in [6.45, 7) is 6.11. The Balaban J connectivity index is 2.00. The molecule has 1 atom stereocenters. The van der Waals surface area contributed by atoms with E-state index in [0.29, 0.717) is 6.54 Å². The average molecular weight is 370 g/mol. The first-order valence-electron chi connectivity index (χ1n) is 9.25. The third kappa shape index (κ3) is 6.20. The van der Waals surface area contributed by atoms with Gasteiger partial charge in [0, 0.05) is 19.0 Å². The van der Waals surface area contributed by atoms with Crippen molar-refractivity contribution in [3.8, 4) is 0 Å². The van der Waals surface area contributed by atoms with Crippen LogP contribution in [0.3, 0.4) is 0 Å². The van der Waals surface area contributed by atoms with Gasteiger partial charge >= 0.3 is 0 Å². The molecule has 2 amide bonds. The molecule has 0 heterocycles. The summed E-state index contributed by atoms with van der Waals surface area (Å²) >= 11 is 0. The summed E-state index contributed by atoms with van der Waals surface area (Å²) in [7, 11) is 0. The Morgan fingerprint density at radius 2 is 1.59 bits per heavy atom. The molecule has 1 N–H and O–H groups in total. The summed E-state index contributed by atoms with van der Waals surface area (Å²) in [6.07, 6.45) is 0.732. The molecule has 144 valence electrons. The second kappa shape index (κ2) is 9.86. The van der Waals surface area contributed by atoms with E-state index >= 15 is 0 Å². The molecule has 0 radical (unpaired) electrons. The highest BCUT2D eigenvalue weighted by Gasteiger charge is 2.27. The van der Waals surface area contributed by atoms with Gasteiger partial charge < -0.3 is 10.2 Å². The van der Waals surface area contributed by atoms with Gasteiger partial charge in [-0.3, -0.25) is 9.59 Å². The summed E-state index contributed by atoms with van der Waals surface area (Å²) < 4.78 is 13.1. The molecule has 0 spiro atoms. The first-order valence-corrected chi connectivity index (χ1v) is 9.25. The zero-order chi connectivity index (χ0) is 19.8. The zero-order valence-corrected chi connectivity index (χ0v) is 16.1. The van der Waals surface area contributed by atoms with Gasteiger partial charge in [0.2, 0.25) is 11.8 Å².